The molecule has 7 nitrogen and oxygen atoms in total. The summed E-state index contributed by atoms with van der Waals surface area (Å²) >= 11 is 0. The van der Waals surface area contributed by atoms with Crippen LogP contribution in [0.4, 0.5) is 0 Å². The molecule has 1 aromatic heterocycles. The maximum Gasteiger partial charge on any atom is 0.344 e. The van der Waals surface area contributed by atoms with Crippen molar-refractivity contribution in [3.63, 3.8) is 0 Å². The number of hydrogen-bond acceptors (Lipinski definition) is 7. The number of esters is 1. The van der Waals surface area contributed by atoms with Crippen molar-refractivity contribution >= 4 is 16.9 Å². The van der Waals surface area contributed by atoms with Gasteiger partial charge < -0.3 is 23.4 Å². The molecule has 0 bridgehead atoms. The Morgan fingerprint density at radius 1 is 0.811 bits per heavy atom. The Morgan fingerprint density at radius 3 is 1.97 bits per heavy atom. The van der Waals surface area contributed by atoms with E-state index >= 15 is 0 Å². The molecule has 37 heavy (non-hydrogen) atoms. The topological polar surface area (TPSA) is 84.2 Å². The molecule has 0 aliphatic rings. The normalized spacial score (nSPS) is 11.3. The molecule has 0 fully saturated rings. The molecule has 0 radical (unpaired) electrons. The Morgan fingerprint density at radius 2 is 1.43 bits per heavy atom. The van der Waals surface area contributed by atoms with Crippen molar-refractivity contribution in [2.45, 2.75) is 33.1 Å². The number of hydrogen-bond donors (Lipinski definition) is 0. The quantitative estimate of drug-likeness (QED) is 0.286. The first-order chi connectivity index (χ1) is 17.6. The molecule has 3 aromatic carbocycles. The van der Waals surface area contributed by atoms with Crippen LogP contribution in [-0.2, 0) is 5.41 Å². The van der Waals surface area contributed by atoms with Crippen LogP contribution in [0.15, 0.2) is 63.8 Å². The lowest BCUT2D eigenvalue weighted by Gasteiger charge is -2.19. The minimum Gasteiger partial charge on any atom is -0.493 e. The zero-order valence-electron chi connectivity index (χ0n) is 22.1. The van der Waals surface area contributed by atoms with Crippen LogP contribution in [0, 0.1) is 6.92 Å². The summed E-state index contributed by atoms with van der Waals surface area (Å²) in [4.78, 5) is 26.9. The third kappa shape index (κ3) is 5.03. The average Bonchev–Trinajstić information content (AvgIpc) is 2.88. The van der Waals surface area contributed by atoms with Gasteiger partial charge in [-0.2, -0.15) is 0 Å². The predicted octanol–water partition coefficient (Wildman–Crippen LogP) is 6.31. The number of carbonyl (C=O) groups is 1. The van der Waals surface area contributed by atoms with Crippen LogP contribution in [0.25, 0.3) is 22.3 Å². The van der Waals surface area contributed by atoms with Crippen LogP contribution in [0.5, 0.6) is 23.0 Å². The van der Waals surface area contributed by atoms with E-state index in [2.05, 4.69) is 20.8 Å². The van der Waals surface area contributed by atoms with Gasteiger partial charge in [0, 0.05) is 5.56 Å². The minimum absolute atomic E-state index is 0.0539. The molecule has 0 atom stereocenters. The van der Waals surface area contributed by atoms with E-state index in [0.717, 1.165) is 11.1 Å². The van der Waals surface area contributed by atoms with Crippen molar-refractivity contribution in [3.8, 4) is 34.3 Å². The van der Waals surface area contributed by atoms with Crippen molar-refractivity contribution < 1.29 is 28.2 Å². The fourth-order valence-corrected chi connectivity index (χ4v) is 4.04. The molecular formula is C30H30O7. The molecule has 0 spiro atoms. The number of benzene rings is 3. The van der Waals surface area contributed by atoms with Gasteiger partial charge in [-0.3, -0.25) is 4.79 Å². The zero-order chi connectivity index (χ0) is 26.9. The van der Waals surface area contributed by atoms with Gasteiger partial charge in [-0.25, -0.2) is 4.79 Å². The molecule has 0 unspecified atom stereocenters. The van der Waals surface area contributed by atoms with Gasteiger partial charge in [0.25, 0.3) is 0 Å². The Kier molecular flexibility index (Phi) is 6.99. The summed E-state index contributed by atoms with van der Waals surface area (Å²) in [5.41, 5.74) is 2.69. The van der Waals surface area contributed by atoms with Gasteiger partial charge in [-0.15, -0.1) is 0 Å². The van der Waals surface area contributed by atoms with Crippen LogP contribution in [-0.4, -0.2) is 27.3 Å². The van der Waals surface area contributed by atoms with E-state index in [4.69, 9.17) is 23.4 Å². The van der Waals surface area contributed by atoms with Gasteiger partial charge in [0.15, 0.2) is 17.3 Å². The van der Waals surface area contributed by atoms with Crippen molar-refractivity contribution in [2.24, 2.45) is 0 Å². The third-order valence-corrected chi connectivity index (χ3v) is 6.11. The molecule has 0 N–H and O–H groups in total. The van der Waals surface area contributed by atoms with Crippen LogP contribution in [0.3, 0.4) is 0 Å². The second kappa shape index (κ2) is 10.0. The minimum atomic E-state index is -0.773. The summed E-state index contributed by atoms with van der Waals surface area (Å²) in [5.74, 6) is 0.107. The largest absolute Gasteiger partial charge is 0.493 e. The van der Waals surface area contributed by atoms with Gasteiger partial charge in [0.2, 0.25) is 16.9 Å². The maximum atomic E-state index is 13.6. The van der Waals surface area contributed by atoms with E-state index in [-0.39, 0.29) is 34.0 Å². The lowest BCUT2D eigenvalue weighted by Crippen LogP contribution is -2.17. The van der Waals surface area contributed by atoms with Gasteiger partial charge in [-0.05, 0) is 47.7 Å². The van der Waals surface area contributed by atoms with Crippen molar-refractivity contribution in [1.82, 2.24) is 0 Å². The van der Waals surface area contributed by atoms with Crippen LogP contribution in [0.1, 0.15) is 42.3 Å². The monoisotopic (exact) mass is 502 g/mol. The summed E-state index contributed by atoms with van der Waals surface area (Å²) in [7, 11) is 4.37. The molecule has 4 rings (SSSR count). The second-order valence-electron chi connectivity index (χ2n) is 9.72. The first-order valence-electron chi connectivity index (χ1n) is 11.8. The highest BCUT2D eigenvalue weighted by atomic mass is 16.5. The lowest BCUT2D eigenvalue weighted by molar-refractivity contribution is 0.0730. The zero-order valence-corrected chi connectivity index (χ0v) is 22.1. The summed E-state index contributed by atoms with van der Waals surface area (Å²) in [6.45, 7) is 8.26. The number of ether oxygens (including phenoxy) is 4. The van der Waals surface area contributed by atoms with E-state index in [1.54, 1.807) is 12.1 Å². The second-order valence-corrected chi connectivity index (χ2v) is 9.72. The number of aryl methyl sites for hydroxylation is 1. The van der Waals surface area contributed by atoms with E-state index < -0.39 is 11.4 Å². The summed E-state index contributed by atoms with van der Waals surface area (Å²) in [5, 5.41) is 0.313. The molecular weight excluding hydrogens is 472 g/mol. The summed E-state index contributed by atoms with van der Waals surface area (Å²) in [6.07, 6.45) is 0. The fraction of sp³-hybridized carbons (Fsp3) is 0.267. The predicted molar refractivity (Wildman–Crippen MR) is 142 cm³/mol. The number of rotatable bonds is 6. The molecule has 1 heterocycles. The third-order valence-electron chi connectivity index (χ3n) is 6.11. The average molecular weight is 503 g/mol. The molecule has 4 aromatic rings. The van der Waals surface area contributed by atoms with Crippen LogP contribution >= 0.6 is 0 Å². The number of carbonyl (C=O) groups excluding carboxylic acids is 1. The van der Waals surface area contributed by atoms with Crippen molar-refractivity contribution in [3.05, 3.63) is 81.5 Å². The lowest BCUT2D eigenvalue weighted by atomic mass is 9.86. The Balaban J connectivity index is 1.87. The molecule has 0 saturated heterocycles. The van der Waals surface area contributed by atoms with E-state index in [1.165, 1.54) is 33.5 Å². The Bertz CT molecular complexity index is 1500. The SMILES string of the molecule is COc1cc(C(=O)Oc2c(-c3ccc(C(C)(C)C)cc3)oc3cc(C)ccc3c2=O)cc(OC)c1OC. The van der Waals surface area contributed by atoms with Gasteiger partial charge >= 0.3 is 5.97 Å². The fourth-order valence-electron chi connectivity index (χ4n) is 4.04. The van der Waals surface area contributed by atoms with Gasteiger partial charge in [0.05, 0.1) is 32.3 Å². The molecule has 0 aliphatic carbocycles. The first kappa shape index (κ1) is 25.8. The molecule has 0 saturated carbocycles. The number of methoxy groups -OCH3 is 3. The molecule has 0 amide bonds. The smallest absolute Gasteiger partial charge is 0.344 e. The van der Waals surface area contributed by atoms with E-state index in [9.17, 15) is 9.59 Å². The van der Waals surface area contributed by atoms with Gasteiger partial charge in [-0.1, -0.05) is 51.1 Å². The Labute approximate surface area is 215 Å². The number of fused-ring (bicyclic) bond motifs is 1. The standard InChI is InChI=1S/C30H30O7/c1-17-8-13-21-22(14-17)36-26(18-9-11-20(12-10-18)30(2,3)4)28(25(21)31)37-29(32)19-15-23(33-5)27(35-7)24(16-19)34-6/h8-16H,1-7H3. The summed E-state index contributed by atoms with van der Waals surface area (Å²) in [6, 6.07) is 15.9. The summed E-state index contributed by atoms with van der Waals surface area (Å²) < 4.78 is 27.9. The molecule has 7 heteroatoms. The first-order valence-corrected chi connectivity index (χ1v) is 11.8. The molecule has 0 aliphatic heterocycles. The molecule has 192 valence electrons. The van der Waals surface area contributed by atoms with Crippen LogP contribution in [0.2, 0.25) is 0 Å². The van der Waals surface area contributed by atoms with Gasteiger partial charge in [0.1, 0.15) is 5.58 Å². The van der Waals surface area contributed by atoms with Crippen molar-refractivity contribution in [2.75, 3.05) is 21.3 Å². The Hall–Kier alpha value is -4.26. The highest BCUT2D eigenvalue weighted by Gasteiger charge is 2.24. The highest BCUT2D eigenvalue weighted by Crippen LogP contribution is 2.39. The van der Waals surface area contributed by atoms with Crippen LogP contribution < -0.4 is 24.4 Å². The maximum absolute atomic E-state index is 13.6. The van der Waals surface area contributed by atoms with Crippen molar-refractivity contribution in [1.29, 1.82) is 0 Å². The van der Waals surface area contributed by atoms with E-state index in [1.807, 2.05) is 37.3 Å². The van der Waals surface area contributed by atoms with E-state index in [0.29, 0.717) is 22.3 Å². The highest BCUT2D eigenvalue weighted by molar-refractivity contribution is 5.94.